The van der Waals surface area contributed by atoms with Gasteiger partial charge in [0.15, 0.2) is 0 Å². The van der Waals surface area contributed by atoms with E-state index >= 15 is 0 Å². The molecule has 0 bridgehead atoms. The zero-order valence-corrected chi connectivity index (χ0v) is 11.1. The van der Waals surface area contributed by atoms with E-state index in [-0.39, 0.29) is 5.41 Å². The van der Waals surface area contributed by atoms with Crippen LogP contribution in [0.1, 0.15) is 19.4 Å². The summed E-state index contributed by atoms with van der Waals surface area (Å²) in [5, 5.41) is 0. The number of methoxy groups -OCH3 is 1. The SMILES string of the molecule is COc1ccc(COCC(C)(C)CS)cc1. The number of hydrogen-bond donors (Lipinski definition) is 1. The lowest BCUT2D eigenvalue weighted by Gasteiger charge is -2.21. The molecule has 2 nitrogen and oxygen atoms in total. The van der Waals surface area contributed by atoms with Gasteiger partial charge < -0.3 is 9.47 Å². The van der Waals surface area contributed by atoms with Gasteiger partial charge in [0, 0.05) is 0 Å². The zero-order valence-electron chi connectivity index (χ0n) is 10.2. The summed E-state index contributed by atoms with van der Waals surface area (Å²) in [5.74, 6) is 1.70. The van der Waals surface area contributed by atoms with Gasteiger partial charge in [-0.15, -0.1) is 0 Å². The highest BCUT2D eigenvalue weighted by Gasteiger charge is 2.15. The van der Waals surface area contributed by atoms with E-state index in [2.05, 4.69) is 26.5 Å². The molecule has 1 aromatic carbocycles. The zero-order chi connectivity index (χ0) is 12.0. The Hall–Kier alpha value is -0.670. The minimum absolute atomic E-state index is 0.135. The Morgan fingerprint density at radius 2 is 1.81 bits per heavy atom. The van der Waals surface area contributed by atoms with Crippen molar-refractivity contribution in [1.82, 2.24) is 0 Å². The van der Waals surface area contributed by atoms with Gasteiger partial charge in [-0.3, -0.25) is 0 Å². The van der Waals surface area contributed by atoms with Crippen LogP contribution in [0.2, 0.25) is 0 Å². The van der Waals surface area contributed by atoms with Gasteiger partial charge in [0.1, 0.15) is 5.75 Å². The second-order valence-corrected chi connectivity index (χ2v) is 4.98. The summed E-state index contributed by atoms with van der Waals surface area (Å²) in [7, 11) is 1.67. The van der Waals surface area contributed by atoms with Crippen LogP contribution in [0.5, 0.6) is 5.75 Å². The van der Waals surface area contributed by atoms with Crippen LogP contribution in [0.15, 0.2) is 24.3 Å². The number of benzene rings is 1. The third-order valence-electron chi connectivity index (χ3n) is 2.35. The average Bonchev–Trinajstić information content (AvgIpc) is 2.30. The van der Waals surface area contributed by atoms with E-state index in [0.717, 1.165) is 23.7 Å². The standard InChI is InChI=1S/C13H20O2S/c1-13(2,10-16)9-15-8-11-4-6-12(14-3)7-5-11/h4-7,16H,8-10H2,1-3H3. The predicted octanol–water partition coefficient (Wildman–Crippen LogP) is 3.17. The highest BCUT2D eigenvalue weighted by atomic mass is 32.1. The van der Waals surface area contributed by atoms with Gasteiger partial charge in [-0.2, -0.15) is 12.6 Å². The molecule has 0 saturated heterocycles. The number of rotatable bonds is 6. The third-order valence-corrected chi connectivity index (χ3v) is 3.20. The molecule has 0 heterocycles. The van der Waals surface area contributed by atoms with Crippen LogP contribution in [0.25, 0.3) is 0 Å². The first-order valence-corrected chi connectivity index (χ1v) is 6.02. The van der Waals surface area contributed by atoms with Gasteiger partial charge >= 0.3 is 0 Å². The van der Waals surface area contributed by atoms with Crippen LogP contribution in [0.4, 0.5) is 0 Å². The van der Waals surface area contributed by atoms with Gasteiger partial charge in [-0.1, -0.05) is 26.0 Å². The van der Waals surface area contributed by atoms with Crippen molar-refractivity contribution in [3.05, 3.63) is 29.8 Å². The molecule has 3 heteroatoms. The van der Waals surface area contributed by atoms with E-state index < -0.39 is 0 Å². The summed E-state index contributed by atoms with van der Waals surface area (Å²) in [6.07, 6.45) is 0. The van der Waals surface area contributed by atoms with Crippen LogP contribution >= 0.6 is 12.6 Å². The van der Waals surface area contributed by atoms with Crippen molar-refractivity contribution in [2.24, 2.45) is 5.41 Å². The van der Waals surface area contributed by atoms with Gasteiger partial charge in [0.2, 0.25) is 0 Å². The van der Waals surface area contributed by atoms with Crippen LogP contribution in [-0.4, -0.2) is 19.5 Å². The van der Waals surface area contributed by atoms with Gasteiger partial charge in [-0.25, -0.2) is 0 Å². The third kappa shape index (κ3) is 4.45. The Balaban J connectivity index is 2.37. The molecule has 0 aliphatic rings. The van der Waals surface area contributed by atoms with E-state index in [4.69, 9.17) is 9.47 Å². The van der Waals surface area contributed by atoms with Crippen LogP contribution in [0.3, 0.4) is 0 Å². The van der Waals surface area contributed by atoms with Crippen LogP contribution in [0, 0.1) is 5.41 Å². The lowest BCUT2D eigenvalue weighted by atomic mass is 9.98. The Bertz CT molecular complexity index is 306. The maximum atomic E-state index is 5.66. The summed E-state index contributed by atoms with van der Waals surface area (Å²) < 4.78 is 10.8. The summed E-state index contributed by atoms with van der Waals surface area (Å²) in [6, 6.07) is 7.93. The quantitative estimate of drug-likeness (QED) is 0.770. The Kier molecular flexibility index (Phi) is 5.16. The summed E-state index contributed by atoms with van der Waals surface area (Å²) in [4.78, 5) is 0. The van der Waals surface area contributed by atoms with Crippen LogP contribution in [-0.2, 0) is 11.3 Å². The van der Waals surface area contributed by atoms with E-state index in [1.165, 1.54) is 0 Å². The maximum Gasteiger partial charge on any atom is 0.118 e. The molecule has 0 aliphatic carbocycles. The second kappa shape index (κ2) is 6.16. The molecular formula is C13H20O2S. The van der Waals surface area contributed by atoms with E-state index in [0.29, 0.717) is 6.61 Å². The molecule has 16 heavy (non-hydrogen) atoms. The molecule has 0 radical (unpaired) electrons. The highest BCUT2D eigenvalue weighted by Crippen LogP contribution is 2.18. The van der Waals surface area contributed by atoms with E-state index in [1.807, 2.05) is 24.3 Å². The summed E-state index contributed by atoms with van der Waals surface area (Å²) in [5.41, 5.74) is 1.30. The molecule has 90 valence electrons. The lowest BCUT2D eigenvalue weighted by Crippen LogP contribution is -2.20. The van der Waals surface area contributed by atoms with E-state index in [1.54, 1.807) is 7.11 Å². The Morgan fingerprint density at radius 1 is 1.19 bits per heavy atom. The minimum atomic E-state index is 0.135. The molecule has 0 atom stereocenters. The molecule has 0 amide bonds. The smallest absolute Gasteiger partial charge is 0.118 e. The molecule has 0 saturated carbocycles. The molecule has 0 unspecified atom stereocenters. The Morgan fingerprint density at radius 3 is 2.31 bits per heavy atom. The largest absolute Gasteiger partial charge is 0.497 e. The van der Waals surface area contributed by atoms with Crippen LogP contribution < -0.4 is 4.74 Å². The summed E-state index contributed by atoms with van der Waals surface area (Å²) >= 11 is 4.29. The van der Waals surface area contributed by atoms with Crippen molar-refractivity contribution in [1.29, 1.82) is 0 Å². The first-order chi connectivity index (χ1) is 7.57. The molecule has 0 N–H and O–H groups in total. The van der Waals surface area contributed by atoms with Crippen molar-refractivity contribution < 1.29 is 9.47 Å². The van der Waals surface area contributed by atoms with Crippen molar-refractivity contribution >= 4 is 12.6 Å². The van der Waals surface area contributed by atoms with Crippen molar-refractivity contribution in [3.63, 3.8) is 0 Å². The van der Waals surface area contributed by atoms with Crippen molar-refractivity contribution in [3.8, 4) is 5.75 Å². The number of thiol groups is 1. The minimum Gasteiger partial charge on any atom is -0.497 e. The monoisotopic (exact) mass is 240 g/mol. The van der Waals surface area contributed by atoms with Gasteiger partial charge in [-0.05, 0) is 28.9 Å². The summed E-state index contributed by atoms with van der Waals surface area (Å²) in [6.45, 7) is 5.66. The number of ether oxygens (including phenoxy) is 2. The fourth-order valence-corrected chi connectivity index (χ4v) is 1.30. The predicted molar refractivity (Wildman–Crippen MR) is 70.3 cm³/mol. The fraction of sp³-hybridized carbons (Fsp3) is 0.538. The van der Waals surface area contributed by atoms with Crippen molar-refractivity contribution in [2.45, 2.75) is 20.5 Å². The molecule has 0 fully saturated rings. The van der Waals surface area contributed by atoms with E-state index in [9.17, 15) is 0 Å². The topological polar surface area (TPSA) is 18.5 Å². The average molecular weight is 240 g/mol. The molecule has 0 spiro atoms. The first-order valence-electron chi connectivity index (χ1n) is 5.39. The highest BCUT2D eigenvalue weighted by molar-refractivity contribution is 7.80. The normalized spacial score (nSPS) is 11.5. The number of hydrogen-bond acceptors (Lipinski definition) is 3. The van der Waals surface area contributed by atoms with Crippen molar-refractivity contribution in [2.75, 3.05) is 19.5 Å². The molecule has 1 aromatic rings. The molecule has 0 aliphatic heterocycles. The molecular weight excluding hydrogens is 220 g/mol. The molecule has 0 aromatic heterocycles. The molecule has 1 rings (SSSR count). The maximum absolute atomic E-state index is 5.66. The van der Waals surface area contributed by atoms with Gasteiger partial charge in [0.05, 0.1) is 20.3 Å². The lowest BCUT2D eigenvalue weighted by molar-refractivity contribution is 0.0621. The fourth-order valence-electron chi connectivity index (χ4n) is 1.21. The second-order valence-electron chi connectivity index (χ2n) is 4.66. The Labute approximate surface area is 103 Å². The van der Waals surface area contributed by atoms with Gasteiger partial charge in [0.25, 0.3) is 0 Å². The first kappa shape index (κ1) is 13.4.